The van der Waals surface area contributed by atoms with E-state index in [0.29, 0.717) is 0 Å². The Morgan fingerprint density at radius 2 is 2.06 bits per heavy atom. The predicted octanol–water partition coefficient (Wildman–Crippen LogP) is 4.37. The summed E-state index contributed by atoms with van der Waals surface area (Å²) in [6.07, 6.45) is 11.3. The van der Waals surface area contributed by atoms with Crippen molar-refractivity contribution >= 4 is 0 Å². The molecule has 3 atom stereocenters. The van der Waals surface area contributed by atoms with Gasteiger partial charge in [0.1, 0.15) is 0 Å². The fourth-order valence-corrected chi connectivity index (χ4v) is 3.11. The van der Waals surface area contributed by atoms with Gasteiger partial charge in [0.15, 0.2) is 0 Å². The maximum absolute atomic E-state index is 3.73. The summed E-state index contributed by atoms with van der Waals surface area (Å²) in [7, 11) is 0. The molecule has 1 saturated carbocycles. The van der Waals surface area contributed by atoms with E-state index in [9.17, 15) is 0 Å². The van der Waals surface area contributed by atoms with Crippen molar-refractivity contribution in [2.75, 3.05) is 6.54 Å². The molecule has 0 aliphatic heterocycles. The molecule has 3 unspecified atom stereocenters. The maximum Gasteiger partial charge on any atom is 0.00643 e. The molecule has 0 heterocycles. The standard InChI is InChI=1S/C15H31N/c1-4-7-15(5-2)16-11-10-14-9-6-8-13(3)12-14/h13-16H,4-12H2,1-3H3. The summed E-state index contributed by atoms with van der Waals surface area (Å²) in [6.45, 7) is 8.25. The molecule has 1 rings (SSSR count). The van der Waals surface area contributed by atoms with Crippen LogP contribution in [0.1, 0.15) is 72.1 Å². The Morgan fingerprint density at radius 3 is 2.69 bits per heavy atom. The normalized spacial score (nSPS) is 27.9. The van der Waals surface area contributed by atoms with Crippen LogP contribution in [0.3, 0.4) is 0 Å². The molecule has 0 radical (unpaired) electrons. The molecule has 1 heteroatoms. The Labute approximate surface area is 102 Å². The molecule has 0 saturated heterocycles. The van der Waals surface area contributed by atoms with Crippen molar-refractivity contribution in [3.05, 3.63) is 0 Å². The van der Waals surface area contributed by atoms with Gasteiger partial charge in [0, 0.05) is 6.04 Å². The number of rotatable bonds is 7. The van der Waals surface area contributed by atoms with Gasteiger partial charge in [-0.05, 0) is 44.1 Å². The van der Waals surface area contributed by atoms with Crippen LogP contribution in [0.2, 0.25) is 0 Å². The highest BCUT2D eigenvalue weighted by Gasteiger charge is 2.18. The summed E-state index contributed by atoms with van der Waals surface area (Å²) < 4.78 is 0. The Kier molecular flexibility index (Phi) is 7.11. The highest BCUT2D eigenvalue weighted by Crippen LogP contribution is 2.30. The van der Waals surface area contributed by atoms with E-state index >= 15 is 0 Å². The van der Waals surface area contributed by atoms with Crippen molar-refractivity contribution in [1.29, 1.82) is 0 Å². The molecular weight excluding hydrogens is 194 g/mol. The van der Waals surface area contributed by atoms with Gasteiger partial charge in [-0.15, -0.1) is 0 Å². The first-order valence-corrected chi connectivity index (χ1v) is 7.49. The summed E-state index contributed by atoms with van der Waals surface area (Å²) in [5.74, 6) is 1.99. The fraction of sp³-hybridized carbons (Fsp3) is 1.00. The van der Waals surface area contributed by atoms with Crippen LogP contribution in [0.15, 0.2) is 0 Å². The molecule has 0 amide bonds. The summed E-state index contributed by atoms with van der Waals surface area (Å²) in [4.78, 5) is 0. The minimum absolute atomic E-state index is 0.769. The summed E-state index contributed by atoms with van der Waals surface area (Å²) in [5, 5.41) is 3.73. The van der Waals surface area contributed by atoms with Gasteiger partial charge in [0.2, 0.25) is 0 Å². The van der Waals surface area contributed by atoms with Gasteiger partial charge in [-0.25, -0.2) is 0 Å². The van der Waals surface area contributed by atoms with E-state index in [4.69, 9.17) is 0 Å². The van der Waals surface area contributed by atoms with Crippen molar-refractivity contribution < 1.29 is 0 Å². The van der Waals surface area contributed by atoms with E-state index in [-0.39, 0.29) is 0 Å². The highest BCUT2D eigenvalue weighted by atomic mass is 14.9. The van der Waals surface area contributed by atoms with Gasteiger partial charge in [0.25, 0.3) is 0 Å². The molecule has 1 N–H and O–H groups in total. The van der Waals surface area contributed by atoms with E-state index < -0.39 is 0 Å². The molecule has 1 nitrogen and oxygen atoms in total. The molecule has 0 aromatic rings. The predicted molar refractivity (Wildman–Crippen MR) is 72.7 cm³/mol. The molecule has 1 aliphatic rings. The van der Waals surface area contributed by atoms with E-state index in [1.165, 1.54) is 57.9 Å². The first kappa shape index (κ1) is 14.0. The molecule has 0 aromatic carbocycles. The minimum atomic E-state index is 0.769. The maximum atomic E-state index is 3.73. The topological polar surface area (TPSA) is 12.0 Å². The zero-order valence-corrected chi connectivity index (χ0v) is 11.6. The highest BCUT2D eigenvalue weighted by molar-refractivity contribution is 4.72. The summed E-state index contributed by atoms with van der Waals surface area (Å²) in [6, 6.07) is 0.769. The zero-order chi connectivity index (χ0) is 11.8. The third-order valence-electron chi connectivity index (χ3n) is 4.16. The van der Waals surface area contributed by atoms with Crippen LogP contribution in [0.5, 0.6) is 0 Å². The lowest BCUT2D eigenvalue weighted by Gasteiger charge is -2.27. The van der Waals surface area contributed by atoms with Crippen LogP contribution < -0.4 is 5.32 Å². The van der Waals surface area contributed by atoms with Gasteiger partial charge < -0.3 is 5.32 Å². The molecule has 0 spiro atoms. The average molecular weight is 225 g/mol. The van der Waals surface area contributed by atoms with Crippen molar-refractivity contribution in [1.82, 2.24) is 5.32 Å². The number of nitrogens with one attached hydrogen (secondary N) is 1. The second-order valence-electron chi connectivity index (χ2n) is 5.77. The fourth-order valence-electron chi connectivity index (χ4n) is 3.11. The van der Waals surface area contributed by atoms with Gasteiger partial charge >= 0.3 is 0 Å². The van der Waals surface area contributed by atoms with Crippen LogP contribution in [0.25, 0.3) is 0 Å². The Hall–Kier alpha value is -0.0400. The van der Waals surface area contributed by atoms with Crippen molar-refractivity contribution in [3.8, 4) is 0 Å². The zero-order valence-electron chi connectivity index (χ0n) is 11.6. The second-order valence-corrected chi connectivity index (χ2v) is 5.77. The van der Waals surface area contributed by atoms with Crippen LogP contribution in [0.4, 0.5) is 0 Å². The minimum Gasteiger partial charge on any atom is -0.314 e. The Morgan fingerprint density at radius 1 is 1.25 bits per heavy atom. The van der Waals surface area contributed by atoms with Gasteiger partial charge in [0.05, 0.1) is 0 Å². The van der Waals surface area contributed by atoms with Gasteiger partial charge in [-0.2, -0.15) is 0 Å². The third-order valence-corrected chi connectivity index (χ3v) is 4.16. The number of hydrogen-bond donors (Lipinski definition) is 1. The molecule has 1 fully saturated rings. The molecule has 96 valence electrons. The van der Waals surface area contributed by atoms with Crippen LogP contribution in [-0.2, 0) is 0 Å². The molecule has 16 heavy (non-hydrogen) atoms. The summed E-state index contributed by atoms with van der Waals surface area (Å²) >= 11 is 0. The van der Waals surface area contributed by atoms with Gasteiger partial charge in [-0.3, -0.25) is 0 Å². The number of hydrogen-bond acceptors (Lipinski definition) is 1. The monoisotopic (exact) mass is 225 g/mol. The largest absolute Gasteiger partial charge is 0.314 e. The lowest BCUT2D eigenvalue weighted by molar-refractivity contribution is 0.263. The lowest BCUT2D eigenvalue weighted by Crippen LogP contribution is -2.30. The molecule has 0 aromatic heterocycles. The average Bonchev–Trinajstić information content (AvgIpc) is 2.28. The van der Waals surface area contributed by atoms with E-state index in [2.05, 4.69) is 26.1 Å². The van der Waals surface area contributed by atoms with Crippen molar-refractivity contribution in [2.45, 2.75) is 78.2 Å². The Balaban J connectivity index is 2.09. The van der Waals surface area contributed by atoms with E-state index in [1.54, 1.807) is 0 Å². The van der Waals surface area contributed by atoms with E-state index in [1.807, 2.05) is 0 Å². The van der Waals surface area contributed by atoms with Crippen molar-refractivity contribution in [2.24, 2.45) is 11.8 Å². The van der Waals surface area contributed by atoms with Crippen molar-refractivity contribution in [3.63, 3.8) is 0 Å². The third kappa shape index (κ3) is 5.34. The second kappa shape index (κ2) is 8.11. The molecule has 1 aliphatic carbocycles. The first-order valence-electron chi connectivity index (χ1n) is 7.49. The van der Waals surface area contributed by atoms with Gasteiger partial charge in [-0.1, -0.05) is 46.5 Å². The van der Waals surface area contributed by atoms with Crippen LogP contribution in [-0.4, -0.2) is 12.6 Å². The van der Waals surface area contributed by atoms with E-state index in [0.717, 1.165) is 17.9 Å². The first-order chi connectivity index (χ1) is 7.76. The smallest absolute Gasteiger partial charge is 0.00643 e. The summed E-state index contributed by atoms with van der Waals surface area (Å²) in [5.41, 5.74) is 0. The van der Waals surface area contributed by atoms with Crippen LogP contribution in [0, 0.1) is 11.8 Å². The lowest BCUT2D eigenvalue weighted by atomic mass is 9.81. The SMILES string of the molecule is CCCC(CC)NCCC1CCCC(C)C1. The Bertz CT molecular complexity index is 167. The molecular formula is C15H31N. The van der Waals surface area contributed by atoms with Crippen LogP contribution >= 0.6 is 0 Å². The quantitative estimate of drug-likeness (QED) is 0.678. The molecule has 0 bridgehead atoms.